The molecule has 4 heterocycles. The summed E-state index contributed by atoms with van der Waals surface area (Å²) in [4.78, 5) is 17.8. The third-order valence-corrected chi connectivity index (χ3v) is 8.96. The number of hydrogen-bond donors (Lipinski definition) is 0. The lowest BCUT2D eigenvalue weighted by Gasteiger charge is -2.38. The van der Waals surface area contributed by atoms with Crippen molar-refractivity contribution in [3.63, 3.8) is 0 Å². The first-order valence-electron chi connectivity index (χ1n) is 11.7. The van der Waals surface area contributed by atoms with Gasteiger partial charge in [0, 0.05) is 71.2 Å². The Labute approximate surface area is 196 Å². The van der Waals surface area contributed by atoms with Crippen LogP contribution >= 0.6 is 0 Å². The Hall–Kier alpha value is -2.24. The Morgan fingerprint density at radius 1 is 1.15 bits per heavy atom. The van der Waals surface area contributed by atoms with Crippen LogP contribution in [0.15, 0.2) is 17.3 Å². The zero-order valence-corrected chi connectivity index (χ0v) is 20.9. The molecule has 10 nitrogen and oxygen atoms in total. The highest BCUT2D eigenvalue weighted by molar-refractivity contribution is 7.89. The normalized spacial score (nSPS) is 21.0. The molecule has 0 aliphatic carbocycles. The quantitative estimate of drug-likeness (QED) is 0.616. The zero-order chi connectivity index (χ0) is 23.8. The van der Waals surface area contributed by atoms with Gasteiger partial charge in [0.2, 0.25) is 15.9 Å². The molecule has 2 saturated heterocycles. The lowest BCUT2D eigenvalue weighted by atomic mass is 9.97. The molecular weight excluding hydrogens is 442 g/mol. The molecule has 0 saturated carbocycles. The van der Waals surface area contributed by atoms with Crippen molar-refractivity contribution in [2.75, 3.05) is 39.3 Å². The van der Waals surface area contributed by atoms with Crippen LogP contribution < -0.4 is 0 Å². The van der Waals surface area contributed by atoms with Gasteiger partial charge in [-0.2, -0.15) is 14.5 Å². The fraction of sp³-hybridized carbons (Fsp3) is 0.682. The third-order valence-electron chi connectivity index (χ3n) is 6.99. The summed E-state index contributed by atoms with van der Waals surface area (Å²) >= 11 is 0. The number of carbonyl (C=O) groups is 1. The van der Waals surface area contributed by atoms with E-state index in [0.717, 1.165) is 38.3 Å². The molecule has 4 rings (SSSR count). The summed E-state index contributed by atoms with van der Waals surface area (Å²) in [5.41, 5.74) is 2.90. The molecule has 2 aliphatic heterocycles. The highest BCUT2D eigenvalue weighted by Gasteiger charge is 2.37. The van der Waals surface area contributed by atoms with Crippen molar-refractivity contribution in [3.8, 4) is 0 Å². The first-order valence-corrected chi connectivity index (χ1v) is 13.2. The van der Waals surface area contributed by atoms with Crippen molar-refractivity contribution in [1.29, 1.82) is 0 Å². The number of sulfonamides is 1. The molecule has 0 N–H and O–H groups in total. The summed E-state index contributed by atoms with van der Waals surface area (Å²) in [5, 5.41) is 8.60. The molecule has 2 aliphatic rings. The fourth-order valence-electron chi connectivity index (χ4n) is 4.73. The molecule has 1 atom stereocenters. The van der Waals surface area contributed by atoms with E-state index in [-0.39, 0.29) is 23.3 Å². The van der Waals surface area contributed by atoms with E-state index >= 15 is 0 Å². The summed E-state index contributed by atoms with van der Waals surface area (Å²) < 4.78 is 31.3. The number of carbonyl (C=O) groups excluding carboxylic acids is 1. The van der Waals surface area contributed by atoms with E-state index in [0.29, 0.717) is 31.7 Å². The van der Waals surface area contributed by atoms with E-state index in [9.17, 15) is 13.2 Å². The first kappa shape index (κ1) is 23.9. The molecule has 2 aromatic rings. The van der Waals surface area contributed by atoms with Crippen molar-refractivity contribution in [2.45, 2.75) is 51.6 Å². The van der Waals surface area contributed by atoms with Crippen molar-refractivity contribution in [2.24, 2.45) is 13.0 Å². The Morgan fingerprint density at radius 2 is 1.88 bits per heavy atom. The second-order valence-electron chi connectivity index (χ2n) is 9.12. The van der Waals surface area contributed by atoms with Crippen LogP contribution in [0.2, 0.25) is 0 Å². The molecular formula is C22H35N7O3S. The molecule has 0 spiro atoms. The molecule has 2 aromatic heterocycles. The van der Waals surface area contributed by atoms with Gasteiger partial charge in [-0.25, -0.2) is 8.42 Å². The Kier molecular flexibility index (Phi) is 6.92. The van der Waals surface area contributed by atoms with Crippen LogP contribution in [-0.4, -0.2) is 87.3 Å². The Balaban J connectivity index is 1.35. The fourth-order valence-corrected chi connectivity index (χ4v) is 6.44. The second-order valence-corrected chi connectivity index (χ2v) is 11.0. The topological polar surface area (TPSA) is 96.6 Å². The summed E-state index contributed by atoms with van der Waals surface area (Å²) in [6, 6.07) is 0. The van der Waals surface area contributed by atoms with Crippen LogP contribution in [0.4, 0.5) is 0 Å². The van der Waals surface area contributed by atoms with E-state index in [1.807, 2.05) is 16.5 Å². The number of aryl methyl sites for hydroxylation is 3. The molecule has 2 fully saturated rings. The predicted molar refractivity (Wildman–Crippen MR) is 124 cm³/mol. The van der Waals surface area contributed by atoms with E-state index in [4.69, 9.17) is 0 Å². The zero-order valence-electron chi connectivity index (χ0n) is 20.1. The van der Waals surface area contributed by atoms with E-state index in [1.54, 1.807) is 18.7 Å². The maximum absolute atomic E-state index is 13.3. The highest BCUT2D eigenvalue weighted by Crippen LogP contribution is 2.27. The van der Waals surface area contributed by atoms with Crippen molar-refractivity contribution in [3.05, 3.63) is 29.3 Å². The average Bonchev–Trinajstić information content (AvgIpc) is 3.35. The van der Waals surface area contributed by atoms with Gasteiger partial charge in [0.05, 0.1) is 23.5 Å². The number of amides is 1. The lowest BCUT2D eigenvalue weighted by Crippen LogP contribution is -2.52. The minimum Gasteiger partial charge on any atom is -0.340 e. The second kappa shape index (κ2) is 9.55. The highest BCUT2D eigenvalue weighted by atomic mass is 32.2. The number of aromatic nitrogens is 4. The van der Waals surface area contributed by atoms with Gasteiger partial charge >= 0.3 is 0 Å². The van der Waals surface area contributed by atoms with Crippen LogP contribution in [0.3, 0.4) is 0 Å². The Bertz CT molecular complexity index is 1100. The van der Waals surface area contributed by atoms with Crippen LogP contribution in [-0.2, 0) is 35.0 Å². The van der Waals surface area contributed by atoms with Crippen LogP contribution in [0.1, 0.15) is 36.7 Å². The van der Waals surface area contributed by atoms with Crippen molar-refractivity contribution in [1.82, 2.24) is 33.7 Å². The number of piperidine rings is 1. The molecule has 11 heteroatoms. The lowest BCUT2D eigenvalue weighted by molar-refractivity contribution is -0.138. The molecule has 0 bridgehead atoms. The SMILES string of the molecule is CCn1cc(CN2CCN(C(=O)C3CCCN(S(=O)(=O)c4cnn(C)c4C)C3)CC2)c(C)n1. The summed E-state index contributed by atoms with van der Waals surface area (Å²) in [7, 11) is -1.92. The maximum Gasteiger partial charge on any atom is 0.246 e. The summed E-state index contributed by atoms with van der Waals surface area (Å²) in [6.07, 6.45) is 4.93. The van der Waals surface area contributed by atoms with Crippen LogP contribution in [0.25, 0.3) is 0 Å². The maximum atomic E-state index is 13.3. The summed E-state index contributed by atoms with van der Waals surface area (Å²) in [5.74, 6) is -0.213. The van der Waals surface area contributed by atoms with Gasteiger partial charge in [-0.15, -0.1) is 0 Å². The molecule has 33 heavy (non-hydrogen) atoms. The van der Waals surface area contributed by atoms with Gasteiger partial charge in [0.1, 0.15) is 4.90 Å². The smallest absolute Gasteiger partial charge is 0.246 e. The number of rotatable bonds is 6. The number of hydrogen-bond acceptors (Lipinski definition) is 6. The van der Waals surface area contributed by atoms with Gasteiger partial charge in [-0.1, -0.05) is 0 Å². The van der Waals surface area contributed by atoms with Crippen LogP contribution in [0, 0.1) is 19.8 Å². The molecule has 1 amide bonds. The average molecular weight is 478 g/mol. The minimum atomic E-state index is -3.65. The van der Waals surface area contributed by atoms with Crippen molar-refractivity contribution >= 4 is 15.9 Å². The minimum absolute atomic E-state index is 0.0763. The van der Waals surface area contributed by atoms with Gasteiger partial charge in [0.25, 0.3) is 0 Å². The number of piperazine rings is 1. The predicted octanol–water partition coefficient (Wildman–Crippen LogP) is 0.998. The monoisotopic (exact) mass is 477 g/mol. The largest absolute Gasteiger partial charge is 0.340 e. The molecule has 182 valence electrons. The molecule has 0 radical (unpaired) electrons. The standard InChI is InChI=1S/C22H35N7O3S/c1-5-28-15-20(17(2)24-28)14-26-9-11-27(12-10-26)22(30)19-7-6-8-29(16-19)33(31,32)21-13-23-25(4)18(21)3/h13,15,19H,5-12,14,16H2,1-4H3. The first-order chi connectivity index (χ1) is 15.7. The van der Waals surface area contributed by atoms with Gasteiger partial charge < -0.3 is 4.90 Å². The van der Waals surface area contributed by atoms with Gasteiger partial charge in [-0.3, -0.25) is 19.1 Å². The van der Waals surface area contributed by atoms with E-state index in [1.165, 1.54) is 16.1 Å². The van der Waals surface area contributed by atoms with Gasteiger partial charge in [-0.05, 0) is 33.6 Å². The number of nitrogens with zero attached hydrogens (tertiary/aromatic N) is 7. The van der Waals surface area contributed by atoms with Crippen molar-refractivity contribution < 1.29 is 13.2 Å². The molecule has 1 unspecified atom stereocenters. The van der Waals surface area contributed by atoms with E-state index < -0.39 is 10.0 Å². The van der Waals surface area contributed by atoms with Crippen LogP contribution in [0.5, 0.6) is 0 Å². The Morgan fingerprint density at radius 3 is 2.48 bits per heavy atom. The molecule has 0 aromatic carbocycles. The third kappa shape index (κ3) is 4.85. The summed E-state index contributed by atoms with van der Waals surface area (Å²) in [6.45, 7) is 11.2. The van der Waals surface area contributed by atoms with Gasteiger partial charge in [0.15, 0.2) is 0 Å². The van der Waals surface area contributed by atoms with E-state index in [2.05, 4.69) is 28.2 Å².